The molecule has 0 aromatic heterocycles. The highest BCUT2D eigenvalue weighted by molar-refractivity contribution is 5.71. The van der Waals surface area contributed by atoms with Gasteiger partial charge in [-0.1, -0.05) is 24.3 Å². The minimum atomic E-state index is 0.872. The maximum Gasteiger partial charge on any atom is 0.119 e. The van der Waals surface area contributed by atoms with Gasteiger partial charge in [0.2, 0.25) is 0 Å². The third-order valence-corrected chi connectivity index (χ3v) is 2.76. The highest BCUT2D eigenvalue weighted by Crippen LogP contribution is 2.28. The average Bonchev–Trinajstić information content (AvgIpc) is 2.29. The van der Waals surface area contributed by atoms with Crippen LogP contribution in [0.25, 0.3) is 11.1 Å². The number of rotatable bonds is 2. The van der Waals surface area contributed by atoms with Crippen LogP contribution in [0.4, 0.5) is 0 Å². The monoisotopic (exact) mass is 211 g/mol. The molecule has 0 amide bonds. The van der Waals surface area contributed by atoms with Crippen LogP contribution in [0.1, 0.15) is 11.1 Å². The summed E-state index contributed by atoms with van der Waals surface area (Å²) >= 11 is 0. The predicted molar refractivity (Wildman–Crippen MR) is 66.7 cm³/mol. The molecule has 0 saturated heterocycles. The molecule has 1 radical (unpaired) electrons. The second kappa shape index (κ2) is 4.40. The molecule has 0 fully saturated rings. The molecule has 1 nitrogen and oxygen atoms in total. The lowest BCUT2D eigenvalue weighted by Gasteiger charge is -2.10. The Labute approximate surface area is 96.7 Å². The molecule has 0 atom stereocenters. The first-order valence-corrected chi connectivity index (χ1v) is 5.34. The summed E-state index contributed by atoms with van der Waals surface area (Å²) in [6, 6.07) is 15.4. The fraction of sp³-hybridized carbons (Fsp3) is 0.200. The lowest BCUT2D eigenvalue weighted by Crippen LogP contribution is -1.89. The summed E-state index contributed by atoms with van der Waals surface area (Å²) in [7, 11) is 1.68. The van der Waals surface area contributed by atoms with Gasteiger partial charge in [0, 0.05) is 0 Å². The van der Waals surface area contributed by atoms with Gasteiger partial charge in [-0.2, -0.15) is 0 Å². The maximum absolute atomic E-state index is 5.24. The molecule has 81 valence electrons. The second-order valence-corrected chi connectivity index (χ2v) is 3.91. The molecule has 0 aliphatic carbocycles. The Hall–Kier alpha value is -1.76. The van der Waals surface area contributed by atoms with E-state index in [4.69, 9.17) is 4.74 Å². The Bertz CT molecular complexity index is 480. The van der Waals surface area contributed by atoms with Gasteiger partial charge in [0.1, 0.15) is 5.75 Å². The van der Waals surface area contributed by atoms with Crippen molar-refractivity contribution in [1.82, 2.24) is 0 Å². The lowest BCUT2D eigenvalue weighted by atomic mass is 9.96. The van der Waals surface area contributed by atoms with E-state index in [1.54, 1.807) is 7.11 Å². The van der Waals surface area contributed by atoms with E-state index in [1.807, 2.05) is 18.2 Å². The van der Waals surface area contributed by atoms with Crippen LogP contribution in [0.5, 0.6) is 5.75 Å². The van der Waals surface area contributed by atoms with Crippen molar-refractivity contribution in [3.05, 3.63) is 53.6 Å². The number of benzene rings is 2. The van der Waals surface area contributed by atoms with Crippen LogP contribution < -0.4 is 4.74 Å². The first-order chi connectivity index (χ1) is 7.72. The molecule has 16 heavy (non-hydrogen) atoms. The van der Waals surface area contributed by atoms with E-state index in [0.29, 0.717) is 0 Å². The molecule has 2 rings (SSSR count). The molecule has 0 saturated carbocycles. The first kappa shape index (κ1) is 10.7. The van der Waals surface area contributed by atoms with Gasteiger partial charge in [-0.3, -0.25) is 0 Å². The minimum absolute atomic E-state index is 0.872. The maximum atomic E-state index is 5.24. The van der Waals surface area contributed by atoms with Crippen molar-refractivity contribution in [2.75, 3.05) is 7.11 Å². The van der Waals surface area contributed by atoms with Gasteiger partial charge in [0.25, 0.3) is 0 Å². The van der Waals surface area contributed by atoms with Gasteiger partial charge in [-0.15, -0.1) is 0 Å². The molecular weight excluding hydrogens is 196 g/mol. The number of aryl methyl sites for hydroxylation is 2. The van der Waals surface area contributed by atoms with Crippen molar-refractivity contribution in [2.24, 2.45) is 0 Å². The van der Waals surface area contributed by atoms with Crippen LogP contribution in [0.15, 0.2) is 36.4 Å². The number of ether oxygens (including phenoxy) is 1. The standard InChI is InChI=1S/C15H15O/c1-11-6-4-7-12(2)15(11)13-8-5-9-14(10-13)16-3/h4-7,9-10H,1-3H3. The normalized spacial score (nSPS) is 10.2. The van der Waals surface area contributed by atoms with Crippen molar-refractivity contribution >= 4 is 0 Å². The molecule has 0 aliphatic rings. The van der Waals surface area contributed by atoms with Crippen LogP contribution >= 0.6 is 0 Å². The third kappa shape index (κ3) is 1.94. The van der Waals surface area contributed by atoms with E-state index in [1.165, 1.54) is 16.7 Å². The van der Waals surface area contributed by atoms with Crippen LogP contribution in [-0.4, -0.2) is 7.11 Å². The lowest BCUT2D eigenvalue weighted by molar-refractivity contribution is 0.415. The van der Waals surface area contributed by atoms with Crippen LogP contribution in [-0.2, 0) is 0 Å². The number of hydrogen-bond donors (Lipinski definition) is 0. The summed E-state index contributed by atoms with van der Waals surface area (Å²) in [6.45, 7) is 4.24. The topological polar surface area (TPSA) is 9.23 Å². The SMILES string of the molecule is COc1cc[c]c(-c2c(C)cccc2C)c1. The quantitative estimate of drug-likeness (QED) is 0.734. The number of hydrogen-bond acceptors (Lipinski definition) is 1. The Morgan fingerprint density at radius 1 is 1.06 bits per heavy atom. The van der Waals surface area contributed by atoms with E-state index in [0.717, 1.165) is 11.3 Å². The Morgan fingerprint density at radius 2 is 1.75 bits per heavy atom. The van der Waals surface area contributed by atoms with Gasteiger partial charge in [0.15, 0.2) is 0 Å². The number of methoxy groups -OCH3 is 1. The fourth-order valence-electron chi connectivity index (χ4n) is 1.96. The summed E-state index contributed by atoms with van der Waals surface area (Å²) in [5.74, 6) is 0.872. The van der Waals surface area contributed by atoms with E-state index in [2.05, 4.69) is 38.1 Å². The van der Waals surface area contributed by atoms with E-state index >= 15 is 0 Å². The molecule has 2 aromatic rings. The molecule has 1 heteroatoms. The zero-order valence-electron chi connectivity index (χ0n) is 9.87. The molecule has 0 N–H and O–H groups in total. The summed E-state index contributed by atoms with van der Waals surface area (Å²) in [6.07, 6.45) is 0. The Morgan fingerprint density at radius 3 is 2.38 bits per heavy atom. The molecule has 0 aliphatic heterocycles. The molecule has 2 aromatic carbocycles. The zero-order valence-corrected chi connectivity index (χ0v) is 9.87. The fourth-order valence-corrected chi connectivity index (χ4v) is 1.96. The Balaban J connectivity index is 2.58. The molecule has 0 spiro atoms. The average molecular weight is 211 g/mol. The minimum Gasteiger partial charge on any atom is -0.497 e. The van der Waals surface area contributed by atoms with Crippen LogP contribution in [0.2, 0.25) is 0 Å². The summed E-state index contributed by atoms with van der Waals surface area (Å²) in [5.41, 5.74) is 4.88. The van der Waals surface area contributed by atoms with Crippen molar-refractivity contribution in [2.45, 2.75) is 13.8 Å². The molecule has 0 heterocycles. The van der Waals surface area contributed by atoms with E-state index in [9.17, 15) is 0 Å². The first-order valence-electron chi connectivity index (χ1n) is 5.34. The van der Waals surface area contributed by atoms with Crippen LogP contribution in [0.3, 0.4) is 0 Å². The van der Waals surface area contributed by atoms with Crippen molar-refractivity contribution in [1.29, 1.82) is 0 Å². The molecular formula is C15H15O. The van der Waals surface area contributed by atoms with Crippen molar-refractivity contribution < 1.29 is 4.74 Å². The largest absolute Gasteiger partial charge is 0.497 e. The van der Waals surface area contributed by atoms with E-state index in [-0.39, 0.29) is 0 Å². The van der Waals surface area contributed by atoms with Crippen LogP contribution in [0, 0.1) is 19.9 Å². The molecule has 0 bridgehead atoms. The summed E-state index contributed by atoms with van der Waals surface area (Å²) in [5, 5.41) is 0. The third-order valence-electron chi connectivity index (χ3n) is 2.76. The highest BCUT2D eigenvalue weighted by Gasteiger charge is 2.05. The zero-order chi connectivity index (χ0) is 11.5. The van der Waals surface area contributed by atoms with Gasteiger partial charge >= 0.3 is 0 Å². The van der Waals surface area contributed by atoms with Crippen molar-refractivity contribution in [3.63, 3.8) is 0 Å². The van der Waals surface area contributed by atoms with Gasteiger partial charge < -0.3 is 4.74 Å². The Kier molecular flexibility index (Phi) is 2.95. The summed E-state index contributed by atoms with van der Waals surface area (Å²) in [4.78, 5) is 0. The van der Waals surface area contributed by atoms with E-state index < -0.39 is 0 Å². The van der Waals surface area contributed by atoms with Gasteiger partial charge in [-0.25, -0.2) is 0 Å². The van der Waals surface area contributed by atoms with Gasteiger partial charge in [0.05, 0.1) is 7.11 Å². The molecule has 0 unspecified atom stereocenters. The summed E-state index contributed by atoms with van der Waals surface area (Å²) < 4.78 is 5.24. The predicted octanol–water partition coefficient (Wildman–Crippen LogP) is 3.78. The van der Waals surface area contributed by atoms with Gasteiger partial charge in [-0.05, 0) is 54.3 Å². The second-order valence-electron chi connectivity index (χ2n) is 3.91. The highest BCUT2D eigenvalue weighted by atomic mass is 16.5. The van der Waals surface area contributed by atoms with Crippen molar-refractivity contribution in [3.8, 4) is 16.9 Å². The smallest absolute Gasteiger partial charge is 0.119 e.